The van der Waals surface area contributed by atoms with Crippen LogP contribution in [0.3, 0.4) is 0 Å². The third kappa shape index (κ3) is 4.40. The second-order valence-corrected chi connectivity index (χ2v) is 8.66. The molecule has 2 aliphatic rings. The third-order valence-corrected chi connectivity index (χ3v) is 6.40. The number of nitrogens with zero attached hydrogens (tertiary/aromatic N) is 1. The molecule has 2 aromatic carbocycles. The molecule has 2 amide bonds. The van der Waals surface area contributed by atoms with Gasteiger partial charge >= 0.3 is 0 Å². The first-order valence-corrected chi connectivity index (χ1v) is 10.9. The SMILES string of the molecule is Cc1c(F)cc(C(=O)NC2CC2)cc1-c1ccc(C(=O)N(C)C2CCCCC2)cc1. The van der Waals surface area contributed by atoms with Crippen LogP contribution in [0.15, 0.2) is 36.4 Å². The van der Waals surface area contributed by atoms with E-state index in [4.69, 9.17) is 0 Å². The van der Waals surface area contributed by atoms with Crippen molar-refractivity contribution >= 4 is 11.8 Å². The quantitative estimate of drug-likeness (QED) is 0.748. The van der Waals surface area contributed by atoms with Crippen molar-refractivity contribution in [3.05, 3.63) is 58.9 Å². The average Bonchev–Trinajstić information content (AvgIpc) is 3.59. The number of benzene rings is 2. The summed E-state index contributed by atoms with van der Waals surface area (Å²) in [6, 6.07) is 10.8. The Morgan fingerprint density at radius 1 is 0.967 bits per heavy atom. The third-order valence-electron chi connectivity index (χ3n) is 6.40. The van der Waals surface area contributed by atoms with Gasteiger partial charge in [0.2, 0.25) is 0 Å². The van der Waals surface area contributed by atoms with Crippen LogP contribution in [0.4, 0.5) is 4.39 Å². The molecule has 0 atom stereocenters. The minimum Gasteiger partial charge on any atom is -0.349 e. The van der Waals surface area contributed by atoms with E-state index >= 15 is 0 Å². The Hall–Kier alpha value is -2.69. The monoisotopic (exact) mass is 408 g/mol. The fraction of sp³-hybridized carbons (Fsp3) is 0.440. The molecular formula is C25H29FN2O2. The zero-order valence-electron chi connectivity index (χ0n) is 17.7. The van der Waals surface area contributed by atoms with Gasteiger partial charge < -0.3 is 10.2 Å². The van der Waals surface area contributed by atoms with Crippen LogP contribution in [0.25, 0.3) is 11.1 Å². The van der Waals surface area contributed by atoms with E-state index in [0.717, 1.165) is 31.2 Å². The number of hydrogen-bond acceptors (Lipinski definition) is 2. The molecule has 4 nitrogen and oxygen atoms in total. The molecule has 5 heteroatoms. The number of carbonyl (C=O) groups is 2. The molecule has 0 heterocycles. The van der Waals surface area contributed by atoms with Gasteiger partial charge in [0.1, 0.15) is 5.82 Å². The molecule has 2 fully saturated rings. The molecule has 158 valence electrons. The van der Waals surface area contributed by atoms with Crippen LogP contribution in [0, 0.1) is 12.7 Å². The lowest BCUT2D eigenvalue weighted by Crippen LogP contribution is -2.38. The van der Waals surface area contributed by atoms with Crippen LogP contribution in [-0.4, -0.2) is 35.8 Å². The molecule has 2 saturated carbocycles. The summed E-state index contributed by atoms with van der Waals surface area (Å²) in [7, 11) is 1.88. The first kappa shape index (κ1) is 20.6. The van der Waals surface area contributed by atoms with E-state index in [2.05, 4.69) is 5.32 Å². The number of hydrogen-bond donors (Lipinski definition) is 1. The number of nitrogens with one attached hydrogen (secondary N) is 1. The molecule has 2 aliphatic carbocycles. The van der Waals surface area contributed by atoms with E-state index in [9.17, 15) is 14.0 Å². The molecule has 0 spiro atoms. The summed E-state index contributed by atoms with van der Waals surface area (Å²) in [4.78, 5) is 27.1. The second-order valence-electron chi connectivity index (χ2n) is 8.66. The maximum Gasteiger partial charge on any atom is 0.253 e. The largest absolute Gasteiger partial charge is 0.349 e. The Morgan fingerprint density at radius 3 is 2.27 bits per heavy atom. The first-order chi connectivity index (χ1) is 14.4. The lowest BCUT2D eigenvalue weighted by molar-refractivity contribution is 0.0696. The van der Waals surface area contributed by atoms with Crippen LogP contribution in [-0.2, 0) is 0 Å². The molecule has 30 heavy (non-hydrogen) atoms. The van der Waals surface area contributed by atoms with E-state index < -0.39 is 5.82 Å². The molecule has 0 aliphatic heterocycles. The van der Waals surface area contributed by atoms with Gasteiger partial charge in [0.05, 0.1) is 0 Å². The van der Waals surface area contributed by atoms with Crippen molar-refractivity contribution in [2.75, 3.05) is 7.05 Å². The van der Waals surface area contributed by atoms with Gasteiger partial charge in [-0.15, -0.1) is 0 Å². The van der Waals surface area contributed by atoms with Crippen molar-refractivity contribution in [3.8, 4) is 11.1 Å². The predicted octanol–water partition coefficient (Wildman–Crippen LogP) is 5.10. The predicted molar refractivity (Wildman–Crippen MR) is 116 cm³/mol. The number of rotatable bonds is 5. The van der Waals surface area contributed by atoms with Crippen LogP contribution in [0.5, 0.6) is 0 Å². The van der Waals surface area contributed by atoms with Crippen LogP contribution < -0.4 is 5.32 Å². The van der Waals surface area contributed by atoms with Gasteiger partial charge in [-0.25, -0.2) is 4.39 Å². The summed E-state index contributed by atoms with van der Waals surface area (Å²) in [6.07, 6.45) is 7.70. The minimum atomic E-state index is -0.398. The van der Waals surface area contributed by atoms with Crippen molar-refractivity contribution in [3.63, 3.8) is 0 Å². The van der Waals surface area contributed by atoms with Crippen molar-refractivity contribution in [1.29, 1.82) is 0 Å². The molecule has 0 bridgehead atoms. The van der Waals surface area contributed by atoms with Gasteiger partial charge in [0.25, 0.3) is 11.8 Å². The fourth-order valence-electron chi connectivity index (χ4n) is 4.24. The minimum absolute atomic E-state index is 0.0221. The molecule has 1 N–H and O–H groups in total. The lowest BCUT2D eigenvalue weighted by Gasteiger charge is -2.31. The summed E-state index contributed by atoms with van der Waals surface area (Å²) in [5.41, 5.74) is 2.93. The smallest absolute Gasteiger partial charge is 0.253 e. The van der Waals surface area contributed by atoms with Gasteiger partial charge in [0, 0.05) is 30.3 Å². The van der Waals surface area contributed by atoms with Crippen molar-refractivity contribution in [2.24, 2.45) is 0 Å². The summed E-state index contributed by atoms with van der Waals surface area (Å²) in [5, 5.41) is 2.91. The average molecular weight is 409 g/mol. The standard InChI is InChI=1S/C25H29FN2O2/c1-16-22(14-19(15-23(16)26)24(29)27-20-12-13-20)17-8-10-18(11-9-17)25(30)28(2)21-6-4-3-5-7-21/h8-11,14-15,20-21H,3-7,12-13H2,1-2H3,(H,27,29). The molecule has 0 saturated heterocycles. The highest BCUT2D eigenvalue weighted by atomic mass is 19.1. The molecule has 0 radical (unpaired) electrons. The summed E-state index contributed by atoms with van der Waals surface area (Å²) in [5.74, 6) is -0.613. The van der Waals surface area contributed by atoms with Crippen molar-refractivity contribution in [2.45, 2.75) is 64.0 Å². The van der Waals surface area contributed by atoms with Crippen molar-refractivity contribution < 1.29 is 14.0 Å². The Balaban J connectivity index is 1.55. The summed E-state index contributed by atoms with van der Waals surface area (Å²) in [6.45, 7) is 1.71. The molecule has 4 rings (SSSR count). The van der Waals surface area contributed by atoms with Crippen LogP contribution in [0.1, 0.15) is 71.2 Å². The highest BCUT2D eigenvalue weighted by molar-refractivity contribution is 5.97. The Kier molecular flexibility index (Phi) is 5.89. The Morgan fingerprint density at radius 2 is 1.63 bits per heavy atom. The highest BCUT2D eigenvalue weighted by Gasteiger charge is 2.25. The van der Waals surface area contributed by atoms with E-state index in [1.807, 2.05) is 24.1 Å². The van der Waals surface area contributed by atoms with Crippen molar-refractivity contribution in [1.82, 2.24) is 10.2 Å². The van der Waals surface area contributed by atoms with Crippen LogP contribution >= 0.6 is 0 Å². The van der Waals surface area contributed by atoms with E-state index in [0.29, 0.717) is 28.3 Å². The summed E-state index contributed by atoms with van der Waals surface area (Å²) >= 11 is 0. The zero-order chi connectivity index (χ0) is 21.3. The topological polar surface area (TPSA) is 49.4 Å². The van der Waals surface area contributed by atoms with Gasteiger partial charge in [-0.1, -0.05) is 31.4 Å². The Labute approximate surface area is 177 Å². The van der Waals surface area contributed by atoms with Gasteiger partial charge in [0.15, 0.2) is 0 Å². The molecule has 2 aromatic rings. The Bertz CT molecular complexity index is 944. The lowest BCUT2D eigenvalue weighted by atomic mass is 9.93. The van der Waals surface area contributed by atoms with Gasteiger partial charge in [-0.3, -0.25) is 9.59 Å². The second kappa shape index (κ2) is 8.58. The normalized spacial score (nSPS) is 16.9. The number of carbonyl (C=O) groups excluding carboxylic acids is 2. The number of halogens is 1. The number of amides is 2. The van der Waals surface area contributed by atoms with E-state index in [1.165, 1.54) is 25.3 Å². The van der Waals surface area contributed by atoms with E-state index in [1.54, 1.807) is 25.1 Å². The zero-order valence-corrected chi connectivity index (χ0v) is 17.7. The van der Waals surface area contributed by atoms with Crippen LogP contribution in [0.2, 0.25) is 0 Å². The molecular weight excluding hydrogens is 379 g/mol. The maximum absolute atomic E-state index is 14.5. The maximum atomic E-state index is 14.5. The van der Waals surface area contributed by atoms with Gasteiger partial charge in [-0.2, -0.15) is 0 Å². The molecule has 0 aromatic heterocycles. The summed E-state index contributed by atoms with van der Waals surface area (Å²) < 4.78 is 14.5. The van der Waals surface area contributed by atoms with Gasteiger partial charge in [-0.05, 0) is 73.6 Å². The first-order valence-electron chi connectivity index (χ1n) is 10.9. The fourth-order valence-corrected chi connectivity index (χ4v) is 4.24. The van der Waals surface area contributed by atoms with E-state index in [-0.39, 0.29) is 17.9 Å². The molecule has 0 unspecified atom stereocenters. The highest BCUT2D eigenvalue weighted by Crippen LogP contribution is 2.29.